The summed E-state index contributed by atoms with van der Waals surface area (Å²) in [5.74, 6) is 0.240. The van der Waals surface area contributed by atoms with E-state index in [2.05, 4.69) is 27.9 Å². The van der Waals surface area contributed by atoms with Gasteiger partial charge in [-0.15, -0.1) is 0 Å². The van der Waals surface area contributed by atoms with Crippen LogP contribution in [0.1, 0.15) is 16.8 Å². The van der Waals surface area contributed by atoms with Crippen molar-refractivity contribution in [2.24, 2.45) is 0 Å². The van der Waals surface area contributed by atoms with Crippen molar-refractivity contribution in [3.8, 4) is 0 Å². The number of rotatable bonds is 0. The number of hydrogen-bond donors (Lipinski definition) is 1. The van der Waals surface area contributed by atoms with Crippen LogP contribution in [0.25, 0.3) is 0 Å². The van der Waals surface area contributed by atoms with Crippen molar-refractivity contribution in [3.05, 3.63) is 29.8 Å². The first-order chi connectivity index (χ1) is 5.77. The molecule has 0 saturated heterocycles. The lowest BCUT2D eigenvalue weighted by atomic mass is 10.0. The summed E-state index contributed by atoms with van der Waals surface area (Å²) in [4.78, 5) is 11.5. The third-order valence-electron chi connectivity index (χ3n) is 1.90. The van der Waals surface area contributed by atoms with Gasteiger partial charge in [-0.05, 0) is 12.1 Å². The maximum absolute atomic E-state index is 11.5. The zero-order chi connectivity index (χ0) is 8.55. The lowest BCUT2D eigenvalue weighted by Crippen LogP contribution is -2.23. The highest BCUT2D eigenvalue weighted by atomic mass is 127. The van der Waals surface area contributed by atoms with Crippen molar-refractivity contribution in [2.75, 3.05) is 5.32 Å². The first-order valence-electron chi connectivity index (χ1n) is 3.80. The van der Waals surface area contributed by atoms with Gasteiger partial charge in [-0.3, -0.25) is 4.79 Å². The summed E-state index contributed by atoms with van der Waals surface area (Å²) in [7, 11) is 0. The summed E-state index contributed by atoms with van der Waals surface area (Å²) < 4.78 is 0.241. The molecular weight excluding hydrogens is 265 g/mol. The molecule has 1 aliphatic rings. The first kappa shape index (κ1) is 8.04. The first-order valence-corrected chi connectivity index (χ1v) is 5.05. The molecule has 1 N–H and O–H groups in total. The molecule has 12 heavy (non-hydrogen) atoms. The molecule has 0 fully saturated rings. The van der Waals surface area contributed by atoms with Crippen molar-refractivity contribution in [1.82, 2.24) is 0 Å². The van der Waals surface area contributed by atoms with E-state index in [0.29, 0.717) is 6.42 Å². The minimum Gasteiger partial charge on any atom is -0.372 e. The second-order valence-corrected chi connectivity index (χ2v) is 4.29. The summed E-state index contributed by atoms with van der Waals surface area (Å²) >= 11 is 2.24. The van der Waals surface area contributed by atoms with Crippen molar-refractivity contribution in [3.63, 3.8) is 0 Å². The standard InChI is InChI=1S/C9H8INO/c10-9-5-8(12)6-3-1-2-4-7(6)11-9/h1-4,9,11H,5H2. The number of para-hydroxylation sites is 1. The second-order valence-electron chi connectivity index (χ2n) is 2.78. The Hall–Kier alpha value is -0.580. The summed E-state index contributed by atoms with van der Waals surface area (Å²) in [5, 5.41) is 3.26. The fourth-order valence-electron chi connectivity index (χ4n) is 1.34. The third kappa shape index (κ3) is 1.33. The van der Waals surface area contributed by atoms with Gasteiger partial charge >= 0.3 is 0 Å². The number of nitrogens with one attached hydrogen (secondary N) is 1. The zero-order valence-electron chi connectivity index (χ0n) is 6.38. The van der Waals surface area contributed by atoms with Crippen LogP contribution in [0.4, 0.5) is 5.69 Å². The maximum atomic E-state index is 11.5. The van der Waals surface area contributed by atoms with Crippen molar-refractivity contribution in [2.45, 2.75) is 10.5 Å². The van der Waals surface area contributed by atoms with Crippen LogP contribution in [0.15, 0.2) is 24.3 Å². The highest BCUT2D eigenvalue weighted by Crippen LogP contribution is 2.26. The molecule has 2 nitrogen and oxygen atoms in total. The fourth-order valence-corrected chi connectivity index (χ4v) is 2.08. The van der Waals surface area contributed by atoms with E-state index in [4.69, 9.17) is 0 Å². The van der Waals surface area contributed by atoms with E-state index in [1.54, 1.807) is 0 Å². The molecule has 1 unspecified atom stereocenters. The van der Waals surface area contributed by atoms with Crippen molar-refractivity contribution >= 4 is 34.1 Å². The topological polar surface area (TPSA) is 29.1 Å². The molecule has 0 amide bonds. The molecule has 2 rings (SSSR count). The average molecular weight is 273 g/mol. The second kappa shape index (κ2) is 3.05. The number of anilines is 1. The molecule has 1 aromatic rings. The Bertz CT molecular complexity index is 324. The van der Waals surface area contributed by atoms with E-state index in [1.165, 1.54) is 0 Å². The van der Waals surface area contributed by atoms with Gasteiger partial charge in [0.05, 0.1) is 4.05 Å². The van der Waals surface area contributed by atoms with Crippen molar-refractivity contribution < 1.29 is 4.79 Å². The fraction of sp³-hybridized carbons (Fsp3) is 0.222. The third-order valence-corrected chi connectivity index (χ3v) is 2.66. The summed E-state index contributed by atoms with van der Waals surface area (Å²) in [6.45, 7) is 0. The van der Waals surface area contributed by atoms with Gasteiger partial charge in [-0.1, -0.05) is 34.7 Å². The molecule has 62 valence electrons. The Labute approximate surface area is 84.5 Å². The van der Waals surface area contributed by atoms with Gasteiger partial charge in [0.2, 0.25) is 0 Å². The van der Waals surface area contributed by atoms with Gasteiger partial charge in [0, 0.05) is 17.7 Å². The molecule has 1 atom stereocenters. The SMILES string of the molecule is O=C1CC(I)Nc2ccccc21. The van der Waals surface area contributed by atoms with Crippen LogP contribution >= 0.6 is 22.6 Å². The quantitative estimate of drug-likeness (QED) is 0.447. The average Bonchev–Trinajstić information content (AvgIpc) is 2.04. The predicted octanol–water partition coefficient (Wildman–Crippen LogP) is 2.45. The summed E-state index contributed by atoms with van der Waals surface area (Å²) in [5.41, 5.74) is 1.79. The van der Waals surface area contributed by atoms with Gasteiger partial charge in [-0.25, -0.2) is 0 Å². The minimum atomic E-state index is 0.240. The van der Waals surface area contributed by atoms with E-state index in [1.807, 2.05) is 24.3 Å². The van der Waals surface area contributed by atoms with E-state index < -0.39 is 0 Å². The predicted molar refractivity (Wildman–Crippen MR) is 56.8 cm³/mol. The molecule has 0 bridgehead atoms. The van der Waals surface area contributed by atoms with Crippen LogP contribution in [0.3, 0.4) is 0 Å². The molecule has 0 spiro atoms. The van der Waals surface area contributed by atoms with E-state index in [-0.39, 0.29) is 9.83 Å². The largest absolute Gasteiger partial charge is 0.372 e. The summed E-state index contributed by atoms with van der Waals surface area (Å²) in [6, 6.07) is 7.64. The number of Topliss-reactive ketones (excluding diaryl/α,β-unsaturated/α-hetero) is 1. The lowest BCUT2D eigenvalue weighted by molar-refractivity contribution is 0.0982. The molecule has 0 radical (unpaired) electrons. The number of ketones is 1. The Kier molecular flexibility index (Phi) is 2.04. The molecule has 1 aliphatic heterocycles. The van der Waals surface area contributed by atoms with Crippen LogP contribution in [0.5, 0.6) is 0 Å². The molecule has 0 saturated carbocycles. The Morgan fingerprint density at radius 1 is 1.42 bits per heavy atom. The lowest BCUT2D eigenvalue weighted by Gasteiger charge is -2.21. The number of carbonyl (C=O) groups excluding carboxylic acids is 1. The highest BCUT2D eigenvalue weighted by Gasteiger charge is 2.21. The van der Waals surface area contributed by atoms with Crippen LogP contribution in [-0.4, -0.2) is 9.83 Å². The number of alkyl halides is 1. The van der Waals surface area contributed by atoms with E-state index in [9.17, 15) is 4.79 Å². The number of fused-ring (bicyclic) bond motifs is 1. The van der Waals surface area contributed by atoms with Crippen LogP contribution < -0.4 is 5.32 Å². The Balaban J connectivity index is 2.47. The monoisotopic (exact) mass is 273 g/mol. The van der Waals surface area contributed by atoms with Gasteiger partial charge in [0.1, 0.15) is 0 Å². The van der Waals surface area contributed by atoms with E-state index >= 15 is 0 Å². The summed E-state index contributed by atoms with van der Waals surface area (Å²) in [6.07, 6.45) is 0.595. The molecular formula is C9H8INO. The molecule has 0 aromatic heterocycles. The number of hydrogen-bond acceptors (Lipinski definition) is 2. The minimum absolute atomic E-state index is 0.240. The van der Waals surface area contributed by atoms with Gasteiger partial charge in [0.25, 0.3) is 0 Å². The van der Waals surface area contributed by atoms with E-state index in [0.717, 1.165) is 11.3 Å². The highest BCUT2D eigenvalue weighted by molar-refractivity contribution is 14.1. The maximum Gasteiger partial charge on any atom is 0.167 e. The van der Waals surface area contributed by atoms with Gasteiger partial charge < -0.3 is 5.32 Å². The number of benzene rings is 1. The smallest absolute Gasteiger partial charge is 0.167 e. The number of halogens is 1. The normalized spacial score (nSPS) is 21.4. The number of carbonyl (C=O) groups is 1. The molecule has 1 aromatic carbocycles. The molecule has 1 heterocycles. The van der Waals surface area contributed by atoms with Crippen LogP contribution in [0, 0.1) is 0 Å². The van der Waals surface area contributed by atoms with Gasteiger partial charge in [-0.2, -0.15) is 0 Å². The Morgan fingerprint density at radius 3 is 3.00 bits per heavy atom. The zero-order valence-corrected chi connectivity index (χ0v) is 8.54. The van der Waals surface area contributed by atoms with Crippen LogP contribution in [-0.2, 0) is 0 Å². The molecule has 3 heteroatoms. The Morgan fingerprint density at radius 2 is 2.17 bits per heavy atom. The van der Waals surface area contributed by atoms with Crippen LogP contribution in [0.2, 0.25) is 0 Å². The van der Waals surface area contributed by atoms with Gasteiger partial charge in [0.15, 0.2) is 5.78 Å². The van der Waals surface area contributed by atoms with Crippen molar-refractivity contribution in [1.29, 1.82) is 0 Å². The molecule has 0 aliphatic carbocycles.